The van der Waals surface area contributed by atoms with Gasteiger partial charge in [-0.05, 0) is 49.9 Å². The molecule has 34 heavy (non-hydrogen) atoms. The first-order valence-corrected chi connectivity index (χ1v) is 11.5. The number of imide groups is 1. The van der Waals surface area contributed by atoms with Crippen molar-refractivity contribution < 1.29 is 23.6 Å². The number of aryl methyl sites for hydroxylation is 1. The molecule has 3 aliphatic rings. The summed E-state index contributed by atoms with van der Waals surface area (Å²) >= 11 is 0. The van der Waals surface area contributed by atoms with Crippen LogP contribution in [0.25, 0.3) is 11.4 Å². The highest BCUT2D eigenvalue weighted by Crippen LogP contribution is 2.39. The van der Waals surface area contributed by atoms with E-state index < -0.39 is 0 Å². The standard InChI is InChI=1S/C25H24N4O5/c1-14-3-2-4-16(9-14)22-27-23(34-28-22)17-6-7-18-19(11-17)26-25(31)29(24(18)30)12-15-5-8-20-21(10-15)33-13-32-20/h2-5,8-10,17-19H,6-7,11-13H2,1H3,(H,26,31). The summed E-state index contributed by atoms with van der Waals surface area (Å²) in [6, 6.07) is 12.8. The average Bonchev–Trinajstić information content (AvgIpc) is 3.51. The molecule has 2 fully saturated rings. The molecule has 1 aliphatic carbocycles. The Kier molecular flexibility index (Phi) is 4.97. The van der Waals surface area contributed by atoms with Crippen molar-refractivity contribution in [1.82, 2.24) is 20.4 Å². The number of aromatic nitrogens is 2. The molecule has 1 saturated heterocycles. The van der Waals surface area contributed by atoms with E-state index in [9.17, 15) is 9.59 Å². The molecule has 3 amide bonds. The molecule has 1 aromatic heterocycles. The number of urea groups is 1. The van der Waals surface area contributed by atoms with Gasteiger partial charge in [0.2, 0.25) is 24.4 Å². The maximum Gasteiger partial charge on any atom is 0.324 e. The first kappa shape index (κ1) is 20.7. The van der Waals surface area contributed by atoms with Gasteiger partial charge in [0.25, 0.3) is 0 Å². The Morgan fingerprint density at radius 2 is 1.97 bits per heavy atom. The fourth-order valence-electron chi connectivity index (χ4n) is 5.06. The van der Waals surface area contributed by atoms with Gasteiger partial charge >= 0.3 is 6.03 Å². The zero-order valence-electron chi connectivity index (χ0n) is 18.7. The SMILES string of the molecule is Cc1cccc(-c2noc(C3CCC4C(=O)N(Cc5ccc6c(c5)OCO6)C(=O)NC4C3)n2)c1. The van der Waals surface area contributed by atoms with Crippen LogP contribution in [0, 0.1) is 12.8 Å². The van der Waals surface area contributed by atoms with Crippen molar-refractivity contribution in [3.05, 3.63) is 59.5 Å². The van der Waals surface area contributed by atoms with E-state index in [1.54, 1.807) is 6.07 Å². The number of amides is 3. The second kappa shape index (κ2) is 8.16. The zero-order chi connectivity index (χ0) is 23.2. The van der Waals surface area contributed by atoms with Crippen molar-refractivity contribution in [3.8, 4) is 22.9 Å². The number of rotatable bonds is 4. The topological polar surface area (TPSA) is 107 Å². The van der Waals surface area contributed by atoms with Crippen LogP contribution in [-0.2, 0) is 11.3 Å². The fourth-order valence-corrected chi connectivity index (χ4v) is 5.06. The molecule has 3 unspecified atom stereocenters. The molecule has 3 heterocycles. The Balaban J connectivity index is 1.15. The van der Waals surface area contributed by atoms with E-state index in [0.29, 0.717) is 36.1 Å². The maximum atomic E-state index is 13.2. The van der Waals surface area contributed by atoms with Gasteiger partial charge in [0.1, 0.15) is 0 Å². The van der Waals surface area contributed by atoms with Gasteiger partial charge in [-0.3, -0.25) is 9.69 Å². The predicted molar refractivity (Wildman–Crippen MR) is 120 cm³/mol. The van der Waals surface area contributed by atoms with Crippen molar-refractivity contribution in [2.75, 3.05) is 6.79 Å². The van der Waals surface area contributed by atoms with E-state index in [1.165, 1.54) is 4.90 Å². The van der Waals surface area contributed by atoms with Crippen LogP contribution in [0.5, 0.6) is 11.5 Å². The molecule has 3 aromatic rings. The summed E-state index contributed by atoms with van der Waals surface area (Å²) in [6.07, 6.45) is 1.99. The van der Waals surface area contributed by atoms with Gasteiger partial charge < -0.3 is 19.3 Å². The highest BCUT2D eigenvalue weighted by atomic mass is 16.7. The van der Waals surface area contributed by atoms with Crippen LogP contribution in [0.2, 0.25) is 0 Å². The molecular weight excluding hydrogens is 436 g/mol. The van der Waals surface area contributed by atoms with Crippen LogP contribution in [0.3, 0.4) is 0 Å². The normalized spacial score (nSPS) is 23.6. The monoisotopic (exact) mass is 460 g/mol. The molecule has 0 radical (unpaired) electrons. The summed E-state index contributed by atoms with van der Waals surface area (Å²) in [6.45, 7) is 2.39. The number of fused-ring (bicyclic) bond motifs is 2. The Labute approximate surface area is 196 Å². The molecule has 1 N–H and O–H groups in total. The average molecular weight is 460 g/mol. The Bertz CT molecular complexity index is 1270. The summed E-state index contributed by atoms with van der Waals surface area (Å²) in [7, 11) is 0. The summed E-state index contributed by atoms with van der Waals surface area (Å²) in [4.78, 5) is 32.0. The lowest BCUT2D eigenvalue weighted by Gasteiger charge is -2.41. The summed E-state index contributed by atoms with van der Waals surface area (Å²) in [5.41, 5.74) is 2.84. The third-order valence-electron chi connectivity index (χ3n) is 6.83. The number of carbonyl (C=O) groups is 2. The number of hydrogen-bond acceptors (Lipinski definition) is 7. The molecule has 9 heteroatoms. The number of ether oxygens (including phenoxy) is 2. The first-order chi connectivity index (χ1) is 16.5. The molecule has 174 valence electrons. The maximum absolute atomic E-state index is 13.2. The predicted octanol–water partition coefficient (Wildman–Crippen LogP) is 3.78. The van der Waals surface area contributed by atoms with Gasteiger partial charge in [0.05, 0.1) is 12.5 Å². The summed E-state index contributed by atoms with van der Waals surface area (Å²) in [5, 5.41) is 7.19. The van der Waals surface area contributed by atoms with Crippen molar-refractivity contribution in [3.63, 3.8) is 0 Å². The minimum absolute atomic E-state index is 0.000758. The molecule has 1 saturated carbocycles. The van der Waals surface area contributed by atoms with Crippen LogP contribution in [0.15, 0.2) is 47.0 Å². The smallest absolute Gasteiger partial charge is 0.324 e. The van der Waals surface area contributed by atoms with Crippen molar-refractivity contribution >= 4 is 11.9 Å². The van der Waals surface area contributed by atoms with E-state index in [2.05, 4.69) is 15.5 Å². The molecule has 2 aromatic carbocycles. The van der Waals surface area contributed by atoms with Gasteiger partial charge in [-0.2, -0.15) is 4.98 Å². The summed E-state index contributed by atoms with van der Waals surface area (Å²) in [5.74, 6) is 2.01. The van der Waals surface area contributed by atoms with Gasteiger partial charge in [-0.1, -0.05) is 35.0 Å². The van der Waals surface area contributed by atoms with E-state index in [0.717, 1.165) is 23.1 Å². The number of hydrogen-bond donors (Lipinski definition) is 1. The van der Waals surface area contributed by atoms with Gasteiger partial charge in [-0.15, -0.1) is 0 Å². The lowest BCUT2D eigenvalue weighted by molar-refractivity contribution is -0.137. The van der Waals surface area contributed by atoms with E-state index in [-0.39, 0.29) is 43.2 Å². The minimum Gasteiger partial charge on any atom is -0.454 e. The lowest BCUT2D eigenvalue weighted by atomic mass is 9.76. The molecule has 6 rings (SSSR count). The van der Waals surface area contributed by atoms with E-state index in [1.807, 2.05) is 43.3 Å². The minimum atomic E-state index is -0.379. The van der Waals surface area contributed by atoms with Crippen LogP contribution >= 0.6 is 0 Å². The molecule has 9 nitrogen and oxygen atoms in total. The number of nitrogens with zero attached hydrogens (tertiary/aromatic N) is 3. The molecule has 3 atom stereocenters. The largest absolute Gasteiger partial charge is 0.454 e. The Hall–Kier alpha value is -3.88. The third-order valence-corrected chi connectivity index (χ3v) is 6.83. The van der Waals surface area contributed by atoms with Gasteiger partial charge in [0.15, 0.2) is 11.5 Å². The zero-order valence-corrected chi connectivity index (χ0v) is 18.7. The van der Waals surface area contributed by atoms with Gasteiger partial charge in [0, 0.05) is 17.5 Å². The second-order valence-corrected chi connectivity index (χ2v) is 9.11. The third kappa shape index (κ3) is 3.67. The van der Waals surface area contributed by atoms with Crippen molar-refractivity contribution in [1.29, 1.82) is 0 Å². The van der Waals surface area contributed by atoms with E-state index in [4.69, 9.17) is 14.0 Å². The van der Waals surface area contributed by atoms with E-state index >= 15 is 0 Å². The van der Waals surface area contributed by atoms with Crippen LogP contribution in [-0.4, -0.2) is 39.8 Å². The Morgan fingerprint density at radius 1 is 1.09 bits per heavy atom. The molecule has 0 bridgehead atoms. The number of nitrogens with one attached hydrogen (secondary N) is 1. The number of benzene rings is 2. The fraction of sp³-hybridized carbons (Fsp3) is 0.360. The highest BCUT2D eigenvalue weighted by molar-refractivity contribution is 5.98. The molecule has 0 spiro atoms. The second-order valence-electron chi connectivity index (χ2n) is 9.11. The van der Waals surface area contributed by atoms with Crippen LogP contribution in [0.1, 0.15) is 42.2 Å². The number of carbonyl (C=O) groups excluding carboxylic acids is 2. The van der Waals surface area contributed by atoms with Crippen molar-refractivity contribution in [2.24, 2.45) is 5.92 Å². The molecular formula is C25H24N4O5. The Morgan fingerprint density at radius 3 is 2.85 bits per heavy atom. The van der Waals surface area contributed by atoms with Crippen molar-refractivity contribution in [2.45, 2.75) is 44.7 Å². The quantitative estimate of drug-likeness (QED) is 0.631. The summed E-state index contributed by atoms with van der Waals surface area (Å²) < 4.78 is 16.3. The first-order valence-electron chi connectivity index (χ1n) is 11.5. The lowest BCUT2D eigenvalue weighted by Crippen LogP contribution is -2.60. The van der Waals surface area contributed by atoms with Crippen LogP contribution in [0.4, 0.5) is 4.79 Å². The van der Waals surface area contributed by atoms with Crippen LogP contribution < -0.4 is 14.8 Å². The van der Waals surface area contributed by atoms with Gasteiger partial charge in [-0.25, -0.2) is 4.79 Å². The highest BCUT2D eigenvalue weighted by Gasteiger charge is 2.45. The molecule has 2 aliphatic heterocycles.